The van der Waals surface area contributed by atoms with Gasteiger partial charge in [-0.25, -0.2) is 19.2 Å². The molecule has 6 heteroatoms. The minimum atomic E-state index is -0.505. The van der Waals surface area contributed by atoms with Crippen LogP contribution in [0.5, 0.6) is 0 Å². The summed E-state index contributed by atoms with van der Waals surface area (Å²) in [5, 5.41) is 0.550. The van der Waals surface area contributed by atoms with Gasteiger partial charge in [-0.3, -0.25) is 0 Å². The molecule has 0 bridgehead atoms. The molecule has 0 aliphatic heterocycles. The molecule has 0 saturated heterocycles. The first-order valence-corrected chi connectivity index (χ1v) is 7.06. The molecule has 0 N–H and O–H groups in total. The first kappa shape index (κ1) is 14.5. The smallest absolute Gasteiger partial charge is 0.341 e. The van der Waals surface area contributed by atoms with E-state index >= 15 is 0 Å². The monoisotopic (exact) mass is 292 g/mol. The number of nitrogens with zero attached hydrogens (tertiary/aromatic N) is 2. The summed E-state index contributed by atoms with van der Waals surface area (Å²) in [6, 6.07) is 5.81. The first-order valence-electron chi connectivity index (χ1n) is 5.83. The van der Waals surface area contributed by atoms with Crippen molar-refractivity contribution in [3.8, 4) is 11.3 Å². The van der Waals surface area contributed by atoms with E-state index in [2.05, 4.69) is 9.97 Å². The summed E-state index contributed by atoms with van der Waals surface area (Å²) in [5.74, 6) is -0.848. The van der Waals surface area contributed by atoms with Gasteiger partial charge in [0, 0.05) is 5.56 Å². The average Bonchev–Trinajstić information content (AvgIpc) is 2.46. The van der Waals surface area contributed by atoms with Crippen LogP contribution in [0.25, 0.3) is 11.3 Å². The lowest BCUT2D eigenvalue weighted by Crippen LogP contribution is -2.10. The van der Waals surface area contributed by atoms with E-state index in [0.29, 0.717) is 27.7 Å². The molecule has 0 aliphatic carbocycles. The number of benzene rings is 1. The van der Waals surface area contributed by atoms with Crippen molar-refractivity contribution in [3.63, 3.8) is 0 Å². The third-order valence-corrected chi connectivity index (χ3v) is 3.31. The lowest BCUT2D eigenvalue weighted by molar-refractivity contribution is 0.0599. The summed E-state index contributed by atoms with van der Waals surface area (Å²) in [7, 11) is 1.30. The molecule has 0 unspecified atom stereocenters. The number of ether oxygens (including phenoxy) is 1. The number of methoxy groups -OCH3 is 1. The summed E-state index contributed by atoms with van der Waals surface area (Å²) < 4.78 is 17.8. The number of hydrogen-bond acceptors (Lipinski definition) is 5. The summed E-state index contributed by atoms with van der Waals surface area (Å²) in [6.45, 7) is 1.72. The number of hydrogen-bond donors (Lipinski definition) is 0. The van der Waals surface area contributed by atoms with Crippen molar-refractivity contribution in [3.05, 3.63) is 41.3 Å². The predicted octanol–water partition coefficient (Wildman–Crippen LogP) is 3.10. The Labute approximate surface area is 120 Å². The van der Waals surface area contributed by atoms with Gasteiger partial charge in [0.25, 0.3) is 0 Å². The minimum Gasteiger partial charge on any atom is -0.465 e. The third-order valence-electron chi connectivity index (χ3n) is 2.76. The summed E-state index contributed by atoms with van der Waals surface area (Å²) in [6.07, 6.45) is 1.85. The van der Waals surface area contributed by atoms with Gasteiger partial charge in [-0.15, -0.1) is 0 Å². The molecule has 0 spiro atoms. The molecule has 1 aromatic heterocycles. The highest BCUT2D eigenvalue weighted by molar-refractivity contribution is 7.98. The number of aryl methyl sites for hydroxylation is 1. The molecule has 20 heavy (non-hydrogen) atoms. The largest absolute Gasteiger partial charge is 0.465 e. The number of esters is 1. The molecule has 1 heterocycles. The third kappa shape index (κ3) is 2.80. The fraction of sp³-hybridized carbons (Fsp3) is 0.214. The Morgan fingerprint density at radius 1 is 1.25 bits per heavy atom. The molecule has 4 nitrogen and oxygen atoms in total. The summed E-state index contributed by atoms with van der Waals surface area (Å²) in [5.41, 5.74) is 1.94. The molecule has 0 fully saturated rings. The second-order valence-electron chi connectivity index (χ2n) is 4.02. The van der Waals surface area contributed by atoms with Crippen molar-refractivity contribution < 1.29 is 13.9 Å². The van der Waals surface area contributed by atoms with Gasteiger partial charge >= 0.3 is 5.97 Å². The normalized spacial score (nSPS) is 10.4. The maximum absolute atomic E-state index is 13.0. The van der Waals surface area contributed by atoms with Gasteiger partial charge in [-0.05, 0) is 37.4 Å². The highest BCUT2D eigenvalue weighted by atomic mass is 32.2. The standard InChI is InChI=1S/C14H13FN2O2S/c1-8-11(13(18)19-2)12(17-14(16-8)20-3)9-4-6-10(15)7-5-9/h4-7H,1-3H3. The molecule has 0 aliphatic rings. The average molecular weight is 292 g/mol. The van der Waals surface area contributed by atoms with Crippen molar-refractivity contribution >= 4 is 17.7 Å². The Kier molecular flexibility index (Phi) is 4.34. The predicted molar refractivity (Wildman–Crippen MR) is 75.3 cm³/mol. The van der Waals surface area contributed by atoms with E-state index in [1.807, 2.05) is 6.26 Å². The van der Waals surface area contributed by atoms with Crippen molar-refractivity contribution in [2.24, 2.45) is 0 Å². The molecule has 0 radical (unpaired) electrons. The SMILES string of the molecule is COC(=O)c1c(C)nc(SC)nc1-c1ccc(F)cc1. The zero-order valence-electron chi connectivity index (χ0n) is 11.3. The molecule has 2 rings (SSSR count). The molecule has 104 valence electrons. The van der Waals surface area contributed by atoms with Crippen LogP contribution in [0.3, 0.4) is 0 Å². The Balaban J connectivity index is 2.67. The van der Waals surface area contributed by atoms with Gasteiger partial charge in [0.15, 0.2) is 5.16 Å². The van der Waals surface area contributed by atoms with Crippen LogP contribution in [0.4, 0.5) is 4.39 Å². The van der Waals surface area contributed by atoms with E-state index in [0.717, 1.165) is 0 Å². The molecular weight excluding hydrogens is 279 g/mol. The van der Waals surface area contributed by atoms with Crippen LogP contribution in [0.2, 0.25) is 0 Å². The lowest BCUT2D eigenvalue weighted by atomic mass is 10.0. The quantitative estimate of drug-likeness (QED) is 0.494. The van der Waals surface area contributed by atoms with Crippen molar-refractivity contribution in [2.45, 2.75) is 12.1 Å². The maximum atomic E-state index is 13.0. The Morgan fingerprint density at radius 2 is 1.90 bits per heavy atom. The number of aromatic nitrogens is 2. The summed E-state index contributed by atoms with van der Waals surface area (Å²) >= 11 is 1.37. The molecule has 1 aromatic carbocycles. The van der Waals surface area contributed by atoms with E-state index in [1.54, 1.807) is 19.1 Å². The second kappa shape index (κ2) is 6.00. The highest BCUT2D eigenvalue weighted by Crippen LogP contribution is 2.26. The van der Waals surface area contributed by atoms with Crippen LogP contribution < -0.4 is 0 Å². The van der Waals surface area contributed by atoms with E-state index in [4.69, 9.17) is 4.74 Å². The molecule has 0 amide bonds. The van der Waals surface area contributed by atoms with Gasteiger partial charge in [0.05, 0.1) is 18.5 Å². The van der Waals surface area contributed by atoms with Crippen LogP contribution in [0, 0.1) is 12.7 Å². The van der Waals surface area contributed by atoms with Gasteiger partial charge in [-0.2, -0.15) is 0 Å². The van der Waals surface area contributed by atoms with Gasteiger partial charge < -0.3 is 4.74 Å². The van der Waals surface area contributed by atoms with E-state index in [9.17, 15) is 9.18 Å². The second-order valence-corrected chi connectivity index (χ2v) is 4.79. The number of rotatable bonds is 3. The topological polar surface area (TPSA) is 52.1 Å². The Morgan fingerprint density at radius 3 is 2.45 bits per heavy atom. The Bertz CT molecular complexity index is 644. The fourth-order valence-corrected chi connectivity index (χ4v) is 2.21. The van der Waals surface area contributed by atoms with Crippen molar-refractivity contribution in [2.75, 3.05) is 13.4 Å². The first-order chi connectivity index (χ1) is 9.56. The zero-order valence-corrected chi connectivity index (χ0v) is 12.1. The van der Waals surface area contributed by atoms with Crippen LogP contribution in [-0.2, 0) is 4.74 Å². The van der Waals surface area contributed by atoms with Crippen LogP contribution in [-0.4, -0.2) is 29.3 Å². The van der Waals surface area contributed by atoms with Gasteiger partial charge in [0.2, 0.25) is 0 Å². The number of halogens is 1. The fourth-order valence-electron chi connectivity index (χ4n) is 1.80. The number of carbonyl (C=O) groups excluding carboxylic acids is 1. The van der Waals surface area contributed by atoms with Gasteiger partial charge in [0.1, 0.15) is 11.4 Å². The summed E-state index contributed by atoms with van der Waals surface area (Å²) in [4.78, 5) is 20.5. The van der Waals surface area contributed by atoms with E-state index in [1.165, 1.54) is 31.0 Å². The molecule has 0 atom stereocenters. The van der Waals surface area contributed by atoms with Crippen LogP contribution >= 0.6 is 11.8 Å². The maximum Gasteiger partial charge on any atom is 0.341 e. The highest BCUT2D eigenvalue weighted by Gasteiger charge is 2.20. The van der Waals surface area contributed by atoms with E-state index < -0.39 is 5.97 Å². The Hall–Kier alpha value is -1.95. The molecular formula is C14H13FN2O2S. The van der Waals surface area contributed by atoms with Gasteiger partial charge in [-0.1, -0.05) is 11.8 Å². The minimum absolute atomic E-state index is 0.303. The van der Waals surface area contributed by atoms with Crippen molar-refractivity contribution in [1.82, 2.24) is 9.97 Å². The molecule has 0 saturated carbocycles. The zero-order chi connectivity index (χ0) is 14.7. The van der Waals surface area contributed by atoms with E-state index in [-0.39, 0.29) is 5.82 Å². The van der Waals surface area contributed by atoms with Crippen molar-refractivity contribution in [1.29, 1.82) is 0 Å². The van der Waals surface area contributed by atoms with Crippen LogP contribution in [0.15, 0.2) is 29.4 Å². The number of carbonyl (C=O) groups is 1. The lowest BCUT2D eigenvalue weighted by Gasteiger charge is -2.11. The number of thioether (sulfide) groups is 1. The molecule has 2 aromatic rings. The van der Waals surface area contributed by atoms with Crippen LogP contribution in [0.1, 0.15) is 16.1 Å².